The van der Waals surface area contributed by atoms with Gasteiger partial charge in [-0.15, -0.1) is 0 Å². The Bertz CT molecular complexity index is 626. The first-order valence-electron chi connectivity index (χ1n) is 9.44. The number of carbonyl (C=O) groups excluding carboxylic acids is 1. The molecule has 2 atom stereocenters. The molecule has 0 spiro atoms. The number of nitrogens with zero attached hydrogens (tertiary/aromatic N) is 1. The minimum absolute atomic E-state index is 0.0362. The van der Waals surface area contributed by atoms with Gasteiger partial charge in [-0.1, -0.05) is 19.1 Å². The Morgan fingerprint density at radius 2 is 1.81 bits per heavy atom. The van der Waals surface area contributed by atoms with Gasteiger partial charge >= 0.3 is 0 Å². The molecule has 1 aromatic carbocycles. The van der Waals surface area contributed by atoms with Gasteiger partial charge in [0.2, 0.25) is 5.91 Å². The number of amides is 1. The van der Waals surface area contributed by atoms with Crippen molar-refractivity contribution in [3.05, 3.63) is 35.6 Å². The highest BCUT2D eigenvalue weighted by Gasteiger charge is 2.43. The van der Waals surface area contributed by atoms with Gasteiger partial charge in [-0.25, -0.2) is 13.2 Å². The topological polar surface area (TPSA) is 46.3 Å². The highest BCUT2D eigenvalue weighted by Crippen LogP contribution is 2.39. The lowest BCUT2D eigenvalue weighted by Crippen LogP contribution is -2.49. The quantitative estimate of drug-likeness (QED) is 0.875. The van der Waals surface area contributed by atoms with Crippen molar-refractivity contribution in [3.63, 3.8) is 0 Å². The molecule has 6 heteroatoms. The van der Waals surface area contributed by atoms with E-state index in [2.05, 4.69) is 0 Å². The van der Waals surface area contributed by atoms with Crippen molar-refractivity contribution in [1.82, 2.24) is 4.90 Å². The van der Waals surface area contributed by atoms with Crippen molar-refractivity contribution < 1.29 is 18.0 Å². The highest BCUT2D eigenvalue weighted by atomic mass is 19.3. The largest absolute Gasteiger partial charge is 0.335 e. The van der Waals surface area contributed by atoms with Crippen molar-refractivity contribution in [2.45, 2.75) is 56.9 Å². The molecule has 1 aliphatic carbocycles. The molecule has 1 heterocycles. The van der Waals surface area contributed by atoms with Crippen molar-refractivity contribution in [2.24, 2.45) is 17.6 Å². The van der Waals surface area contributed by atoms with E-state index >= 15 is 0 Å². The first kappa shape index (κ1) is 19.2. The van der Waals surface area contributed by atoms with Crippen molar-refractivity contribution >= 4 is 5.91 Å². The molecule has 26 heavy (non-hydrogen) atoms. The highest BCUT2D eigenvalue weighted by molar-refractivity contribution is 5.82. The molecule has 144 valence electrons. The molecule has 0 radical (unpaired) electrons. The summed E-state index contributed by atoms with van der Waals surface area (Å²) in [7, 11) is 0. The van der Waals surface area contributed by atoms with Gasteiger partial charge in [-0.3, -0.25) is 4.79 Å². The summed E-state index contributed by atoms with van der Waals surface area (Å²) in [6.07, 6.45) is 3.57. The van der Waals surface area contributed by atoms with Crippen LogP contribution < -0.4 is 5.73 Å². The number of carbonyl (C=O) groups is 1. The molecule has 2 fully saturated rings. The van der Waals surface area contributed by atoms with Crippen LogP contribution in [0.3, 0.4) is 0 Å². The lowest BCUT2D eigenvalue weighted by molar-refractivity contribution is -0.134. The lowest BCUT2D eigenvalue weighted by atomic mass is 9.72. The first-order valence-corrected chi connectivity index (χ1v) is 9.44. The van der Waals surface area contributed by atoms with E-state index in [0.29, 0.717) is 11.8 Å². The van der Waals surface area contributed by atoms with E-state index in [0.717, 1.165) is 31.2 Å². The van der Waals surface area contributed by atoms with Gasteiger partial charge in [-0.05, 0) is 61.1 Å². The van der Waals surface area contributed by atoms with Gasteiger partial charge in [0, 0.05) is 13.0 Å². The molecule has 1 amide bonds. The number of likely N-dealkylation sites (tertiary alicyclic amines) is 1. The second-order valence-electron chi connectivity index (χ2n) is 7.91. The van der Waals surface area contributed by atoms with Crippen molar-refractivity contribution in [2.75, 3.05) is 13.1 Å². The molecule has 0 unspecified atom stereocenters. The van der Waals surface area contributed by atoms with E-state index in [1.54, 1.807) is 0 Å². The molecule has 0 bridgehead atoms. The molecule has 3 nitrogen and oxygen atoms in total. The summed E-state index contributed by atoms with van der Waals surface area (Å²) in [5.41, 5.74) is 7.29. The first-order chi connectivity index (χ1) is 12.3. The van der Waals surface area contributed by atoms with Crippen molar-refractivity contribution in [3.8, 4) is 0 Å². The fraction of sp³-hybridized carbons (Fsp3) is 0.650. The average Bonchev–Trinajstić information content (AvgIpc) is 3.00. The third-order valence-electron chi connectivity index (χ3n) is 6.19. The maximum Gasteiger partial charge on any atom is 0.267 e. The van der Waals surface area contributed by atoms with Crippen LogP contribution in [-0.2, 0) is 4.79 Å². The Morgan fingerprint density at radius 1 is 1.19 bits per heavy atom. The minimum Gasteiger partial charge on any atom is -0.335 e. The normalized spacial score (nSPS) is 28.0. The Kier molecular flexibility index (Phi) is 5.61. The van der Waals surface area contributed by atoms with Crippen LogP contribution in [0.2, 0.25) is 0 Å². The number of hydrogen-bond acceptors (Lipinski definition) is 2. The molecule has 1 aromatic rings. The van der Waals surface area contributed by atoms with Crippen LogP contribution in [0, 0.1) is 17.7 Å². The van der Waals surface area contributed by atoms with Crippen LogP contribution in [0.5, 0.6) is 0 Å². The summed E-state index contributed by atoms with van der Waals surface area (Å²) in [6.45, 7) is 1.53. The second-order valence-corrected chi connectivity index (χ2v) is 7.91. The predicted octanol–water partition coefficient (Wildman–Crippen LogP) is 3.93. The summed E-state index contributed by atoms with van der Waals surface area (Å²) in [5, 5.41) is 0. The zero-order valence-corrected chi connectivity index (χ0v) is 15.1. The molecule has 2 aliphatic rings. The van der Waals surface area contributed by atoms with Gasteiger partial charge in [0.1, 0.15) is 5.82 Å². The standard InChI is InChI=1S/C20H27F3N2O/c1-13(18(24)19(26)25-11-10-20(22,23)12-25)14-2-4-15(5-3-14)16-6-8-17(21)9-7-16/h6-9,13-15,18H,2-5,10-12,24H2,1H3/t13-,14?,15?,18-/m0/s1. The number of halogens is 3. The fourth-order valence-corrected chi connectivity index (χ4v) is 4.37. The zero-order valence-electron chi connectivity index (χ0n) is 15.1. The molecular formula is C20H27F3N2O. The predicted molar refractivity (Wildman–Crippen MR) is 94.4 cm³/mol. The molecule has 1 saturated carbocycles. The molecule has 0 aromatic heterocycles. The summed E-state index contributed by atoms with van der Waals surface area (Å²) < 4.78 is 39.8. The van der Waals surface area contributed by atoms with E-state index in [-0.39, 0.29) is 30.6 Å². The Labute approximate surface area is 152 Å². The average molecular weight is 368 g/mol. The Morgan fingerprint density at radius 3 is 2.35 bits per heavy atom. The summed E-state index contributed by atoms with van der Waals surface area (Å²) >= 11 is 0. The zero-order chi connectivity index (χ0) is 18.9. The van der Waals surface area contributed by atoms with Crippen LogP contribution in [-0.4, -0.2) is 35.9 Å². The summed E-state index contributed by atoms with van der Waals surface area (Å²) in [4.78, 5) is 13.7. The van der Waals surface area contributed by atoms with Gasteiger partial charge in [0.15, 0.2) is 0 Å². The van der Waals surface area contributed by atoms with E-state index in [4.69, 9.17) is 5.73 Å². The monoisotopic (exact) mass is 368 g/mol. The number of rotatable bonds is 4. The smallest absolute Gasteiger partial charge is 0.267 e. The fourth-order valence-electron chi connectivity index (χ4n) is 4.37. The molecule has 3 rings (SSSR count). The third-order valence-corrected chi connectivity index (χ3v) is 6.19. The van der Waals surface area contributed by atoms with Crippen molar-refractivity contribution in [1.29, 1.82) is 0 Å². The summed E-state index contributed by atoms with van der Waals surface area (Å²) in [6, 6.07) is 5.94. The van der Waals surface area contributed by atoms with E-state index < -0.39 is 18.5 Å². The number of alkyl halides is 2. The SMILES string of the molecule is C[C@@H](C1CCC(c2ccc(F)cc2)CC1)[C@H](N)C(=O)N1CCC(F)(F)C1. The Balaban J connectivity index is 1.53. The lowest BCUT2D eigenvalue weighted by Gasteiger charge is -2.35. The van der Waals surface area contributed by atoms with Gasteiger partial charge in [-0.2, -0.15) is 0 Å². The molecule has 2 N–H and O–H groups in total. The van der Waals surface area contributed by atoms with E-state index in [1.165, 1.54) is 17.0 Å². The van der Waals surface area contributed by atoms with Crippen LogP contribution >= 0.6 is 0 Å². The molecular weight excluding hydrogens is 341 g/mol. The van der Waals surface area contributed by atoms with E-state index in [1.807, 2.05) is 19.1 Å². The van der Waals surface area contributed by atoms with E-state index in [9.17, 15) is 18.0 Å². The summed E-state index contributed by atoms with van der Waals surface area (Å²) in [5.74, 6) is -2.68. The van der Waals surface area contributed by atoms with Crippen LogP contribution in [0.1, 0.15) is 50.5 Å². The minimum atomic E-state index is -2.79. The maximum atomic E-state index is 13.3. The molecule has 1 aliphatic heterocycles. The van der Waals surface area contributed by atoms with Gasteiger partial charge in [0.25, 0.3) is 5.92 Å². The van der Waals surface area contributed by atoms with Gasteiger partial charge < -0.3 is 10.6 Å². The number of benzene rings is 1. The second kappa shape index (κ2) is 7.59. The van der Waals surface area contributed by atoms with Crippen LogP contribution in [0.25, 0.3) is 0 Å². The van der Waals surface area contributed by atoms with Crippen LogP contribution in [0.4, 0.5) is 13.2 Å². The van der Waals surface area contributed by atoms with Crippen LogP contribution in [0.15, 0.2) is 24.3 Å². The number of nitrogens with two attached hydrogens (primary N) is 1. The third kappa shape index (κ3) is 4.22. The number of hydrogen-bond donors (Lipinski definition) is 1. The molecule has 1 saturated heterocycles. The Hall–Kier alpha value is -1.56. The maximum absolute atomic E-state index is 13.3. The van der Waals surface area contributed by atoms with Gasteiger partial charge in [0.05, 0.1) is 12.6 Å².